The highest BCUT2D eigenvalue weighted by molar-refractivity contribution is 5.77. The average Bonchev–Trinajstić information content (AvgIpc) is 2.26. The molecule has 0 saturated heterocycles. The Hall–Kier alpha value is -1.42. The Bertz CT molecular complexity index is 391. The van der Waals surface area contributed by atoms with Crippen LogP contribution in [0.3, 0.4) is 0 Å². The van der Waals surface area contributed by atoms with Crippen molar-refractivity contribution in [1.29, 1.82) is 0 Å². The summed E-state index contributed by atoms with van der Waals surface area (Å²) in [5.74, 6) is -0.332. The molecule has 0 aliphatic carbocycles. The molecule has 1 rings (SSSR count). The lowest BCUT2D eigenvalue weighted by molar-refractivity contribution is -0.122. The maximum Gasteiger partial charge on any atom is 0.222 e. The molecule has 1 amide bonds. The van der Waals surface area contributed by atoms with E-state index in [1.54, 1.807) is 12.1 Å². The van der Waals surface area contributed by atoms with Gasteiger partial charge in [0.2, 0.25) is 5.91 Å². The van der Waals surface area contributed by atoms with E-state index in [4.69, 9.17) is 0 Å². The summed E-state index contributed by atoms with van der Waals surface area (Å²) in [6.07, 6.45) is 0.388. The average molecular weight is 238 g/mol. The van der Waals surface area contributed by atoms with Crippen LogP contribution in [0.4, 0.5) is 4.39 Å². The van der Waals surface area contributed by atoms with Gasteiger partial charge in [-0.3, -0.25) is 4.79 Å². The van der Waals surface area contributed by atoms with Crippen LogP contribution in [0, 0.1) is 5.82 Å². The summed E-state index contributed by atoms with van der Waals surface area (Å²) in [5, 5.41) is 5.83. The zero-order valence-electron chi connectivity index (χ0n) is 10.5. The second kappa shape index (κ2) is 5.77. The standard InChI is InChI=1S/C13H19FN2O/c1-13(2,15-3)8-12(17)16-9-10-5-4-6-11(14)7-10/h4-7,15H,8-9H2,1-3H3,(H,16,17). The lowest BCUT2D eigenvalue weighted by atomic mass is 10.0. The van der Waals surface area contributed by atoms with E-state index in [1.807, 2.05) is 20.9 Å². The number of nitrogens with one attached hydrogen (secondary N) is 2. The molecule has 17 heavy (non-hydrogen) atoms. The van der Waals surface area contributed by atoms with E-state index < -0.39 is 0 Å². The van der Waals surface area contributed by atoms with Crippen LogP contribution in [0.2, 0.25) is 0 Å². The first-order valence-corrected chi connectivity index (χ1v) is 5.63. The van der Waals surface area contributed by atoms with Crippen molar-refractivity contribution in [2.24, 2.45) is 0 Å². The number of hydrogen-bond acceptors (Lipinski definition) is 2. The Morgan fingerprint density at radius 2 is 2.12 bits per heavy atom. The van der Waals surface area contributed by atoms with Gasteiger partial charge in [0.15, 0.2) is 0 Å². The van der Waals surface area contributed by atoms with Gasteiger partial charge in [0.1, 0.15) is 5.82 Å². The van der Waals surface area contributed by atoms with Gasteiger partial charge in [0, 0.05) is 18.5 Å². The van der Waals surface area contributed by atoms with Crippen molar-refractivity contribution in [3.05, 3.63) is 35.6 Å². The van der Waals surface area contributed by atoms with Crippen LogP contribution in [0.25, 0.3) is 0 Å². The number of carbonyl (C=O) groups excluding carboxylic acids is 1. The molecule has 4 heteroatoms. The summed E-state index contributed by atoms with van der Waals surface area (Å²) in [6.45, 7) is 4.26. The third-order valence-corrected chi connectivity index (χ3v) is 2.66. The van der Waals surface area contributed by atoms with Crippen LogP contribution in [0.5, 0.6) is 0 Å². The molecular formula is C13H19FN2O. The number of amides is 1. The highest BCUT2D eigenvalue weighted by Gasteiger charge is 2.18. The molecule has 0 aromatic heterocycles. The Morgan fingerprint density at radius 3 is 2.71 bits per heavy atom. The second-order valence-electron chi connectivity index (χ2n) is 4.72. The highest BCUT2D eigenvalue weighted by Crippen LogP contribution is 2.07. The molecule has 3 nitrogen and oxygen atoms in total. The minimum Gasteiger partial charge on any atom is -0.352 e. The van der Waals surface area contributed by atoms with Gasteiger partial charge in [0.05, 0.1) is 0 Å². The van der Waals surface area contributed by atoms with Crippen molar-refractivity contribution in [2.75, 3.05) is 7.05 Å². The predicted octanol–water partition coefficient (Wildman–Crippen LogP) is 1.83. The van der Waals surface area contributed by atoms with Crippen molar-refractivity contribution >= 4 is 5.91 Å². The summed E-state index contributed by atoms with van der Waals surface area (Å²) in [5.41, 5.74) is 0.534. The van der Waals surface area contributed by atoms with E-state index in [2.05, 4.69) is 10.6 Å². The van der Waals surface area contributed by atoms with E-state index in [-0.39, 0.29) is 17.3 Å². The second-order valence-corrected chi connectivity index (χ2v) is 4.72. The molecule has 2 N–H and O–H groups in total. The van der Waals surface area contributed by atoms with E-state index in [0.29, 0.717) is 13.0 Å². The third-order valence-electron chi connectivity index (χ3n) is 2.66. The Morgan fingerprint density at radius 1 is 1.41 bits per heavy atom. The van der Waals surface area contributed by atoms with Crippen molar-refractivity contribution in [1.82, 2.24) is 10.6 Å². The van der Waals surface area contributed by atoms with Crippen molar-refractivity contribution < 1.29 is 9.18 Å². The topological polar surface area (TPSA) is 41.1 Å². The van der Waals surface area contributed by atoms with E-state index in [0.717, 1.165) is 5.56 Å². The fourth-order valence-electron chi connectivity index (χ4n) is 1.40. The van der Waals surface area contributed by atoms with E-state index in [1.165, 1.54) is 12.1 Å². The van der Waals surface area contributed by atoms with Gasteiger partial charge in [-0.25, -0.2) is 4.39 Å². The van der Waals surface area contributed by atoms with Gasteiger partial charge in [-0.2, -0.15) is 0 Å². The molecule has 0 fully saturated rings. The molecule has 0 radical (unpaired) electrons. The monoisotopic (exact) mass is 238 g/mol. The van der Waals surface area contributed by atoms with E-state index in [9.17, 15) is 9.18 Å². The largest absolute Gasteiger partial charge is 0.352 e. The SMILES string of the molecule is CNC(C)(C)CC(=O)NCc1cccc(F)c1. The number of benzene rings is 1. The molecule has 0 spiro atoms. The van der Waals surface area contributed by atoms with Crippen LogP contribution in [0.1, 0.15) is 25.8 Å². The number of halogens is 1. The van der Waals surface area contributed by atoms with Gasteiger partial charge in [-0.1, -0.05) is 12.1 Å². The number of hydrogen-bond donors (Lipinski definition) is 2. The molecule has 1 aromatic rings. The molecule has 0 aliphatic heterocycles. The van der Waals surface area contributed by atoms with E-state index >= 15 is 0 Å². The molecule has 0 bridgehead atoms. The maximum atomic E-state index is 12.9. The van der Waals surface area contributed by atoms with Gasteiger partial charge >= 0.3 is 0 Å². The van der Waals surface area contributed by atoms with Gasteiger partial charge in [0.25, 0.3) is 0 Å². The smallest absolute Gasteiger partial charge is 0.222 e. The quantitative estimate of drug-likeness (QED) is 0.821. The molecule has 0 heterocycles. The molecule has 0 atom stereocenters. The number of carbonyl (C=O) groups is 1. The van der Waals surface area contributed by atoms with Gasteiger partial charge < -0.3 is 10.6 Å². The van der Waals surface area contributed by atoms with Crippen LogP contribution in [-0.2, 0) is 11.3 Å². The van der Waals surface area contributed by atoms with Crippen LogP contribution in [-0.4, -0.2) is 18.5 Å². The minimum absolute atomic E-state index is 0.0476. The summed E-state index contributed by atoms with van der Waals surface area (Å²) in [4.78, 5) is 11.6. The molecule has 0 saturated carbocycles. The Kier molecular flexibility index (Phi) is 4.63. The summed E-state index contributed by atoms with van der Waals surface area (Å²) < 4.78 is 12.9. The zero-order chi connectivity index (χ0) is 12.9. The Labute approximate surface area is 101 Å². The lowest BCUT2D eigenvalue weighted by Gasteiger charge is -2.23. The Balaban J connectivity index is 2.44. The predicted molar refractivity (Wildman–Crippen MR) is 66.0 cm³/mol. The van der Waals surface area contributed by atoms with Gasteiger partial charge in [-0.15, -0.1) is 0 Å². The lowest BCUT2D eigenvalue weighted by Crippen LogP contribution is -2.41. The molecule has 0 unspecified atom stereocenters. The molecule has 94 valence electrons. The summed E-state index contributed by atoms with van der Waals surface area (Å²) in [7, 11) is 1.82. The zero-order valence-corrected chi connectivity index (χ0v) is 10.5. The van der Waals surface area contributed by atoms with Crippen LogP contribution >= 0.6 is 0 Å². The molecular weight excluding hydrogens is 219 g/mol. The first-order chi connectivity index (χ1) is 7.93. The number of rotatable bonds is 5. The van der Waals surface area contributed by atoms with Crippen molar-refractivity contribution in [2.45, 2.75) is 32.4 Å². The molecule has 1 aromatic carbocycles. The van der Waals surface area contributed by atoms with Crippen molar-refractivity contribution in [3.63, 3.8) is 0 Å². The van der Waals surface area contributed by atoms with Crippen LogP contribution < -0.4 is 10.6 Å². The van der Waals surface area contributed by atoms with Crippen molar-refractivity contribution in [3.8, 4) is 0 Å². The maximum absolute atomic E-state index is 12.9. The fourth-order valence-corrected chi connectivity index (χ4v) is 1.40. The summed E-state index contributed by atoms with van der Waals surface area (Å²) >= 11 is 0. The molecule has 0 aliphatic rings. The first kappa shape index (κ1) is 13.6. The van der Waals surface area contributed by atoms with Gasteiger partial charge in [-0.05, 0) is 38.6 Å². The third kappa shape index (κ3) is 4.95. The fraction of sp³-hybridized carbons (Fsp3) is 0.462. The minimum atomic E-state index is -0.285. The normalized spacial score (nSPS) is 11.3. The first-order valence-electron chi connectivity index (χ1n) is 5.63. The summed E-state index contributed by atoms with van der Waals surface area (Å²) in [6, 6.07) is 6.22. The highest BCUT2D eigenvalue weighted by atomic mass is 19.1. The van der Waals surface area contributed by atoms with Crippen LogP contribution in [0.15, 0.2) is 24.3 Å².